The van der Waals surface area contributed by atoms with Crippen molar-refractivity contribution in [3.63, 3.8) is 0 Å². The number of nitrogens with zero attached hydrogens (tertiary/aromatic N) is 3. The molecule has 0 atom stereocenters. The molecular weight excluding hydrogens is 288 g/mol. The molecule has 0 amide bonds. The van der Waals surface area contributed by atoms with E-state index in [1.54, 1.807) is 18.8 Å². The molecule has 0 spiro atoms. The third-order valence-electron chi connectivity index (χ3n) is 3.25. The Kier molecular flexibility index (Phi) is 5.06. The fraction of sp³-hybridized carbons (Fsp3) is 0.500. The molecule has 1 N–H and O–H groups in total. The maximum Gasteiger partial charge on any atom is 0.329 e. The molecule has 0 unspecified atom stereocenters. The van der Waals surface area contributed by atoms with Gasteiger partial charge >= 0.3 is 5.69 Å². The maximum atomic E-state index is 12.1. The van der Waals surface area contributed by atoms with E-state index in [9.17, 15) is 9.59 Å². The Morgan fingerprint density at radius 1 is 1.38 bits per heavy atom. The van der Waals surface area contributed by atoms with Crippen LogP contribution < -0.4 is 11.2 Å². The fourth-order valence-electron chi connectivity index (χ4n) is 2.07. The van der Waals surface area contributed by atoms with Crippen LogP contribution in [0.15, 0.2) is 26.9 Å². The van der Waals surface area contributed by atoms with Crippen molar-refractivity contribution in [3.05, 3.63) is 33.0 Å². The Morgan fingerprint density at radius 3 is 2.81 bits per heavy atom. The number of H-pyrrole nitrogens is 1. The van der Waals surface area contributed by atoms with Crippen LogP contribution >= 0.6 is 11.8 Å². The summed E-state index contributed by atoms with van der Waals surface area (Å²) in [6.45, 7) is 4.80. The molecule has 6 nitrogen and oxygen atoms in total. The van der Waals surface area contributed by atoms with Crippen LogP contribution in [0.25, 0.3) is 11.2 Å². The lowest BCUT2D eigenvalue weighted by Gasteiger charge is -2.06. The number of imidazole rings is 1. The number of aryl methyl sites for hydroxylation is 2. The van der Waals surface area contributed by atoms with Crippen LogP contribution in [0.3, 0.4) is 0 Å². The first-order chi connectivity index (χ1) is 10.1. The van der Waals surface area contributed by atoms with E-state index in [1.807, 2.05) is 23.6 Å². The van der Waals surface area contributed by atoms with Crippen molar-refractivity contribution in [2.45, 2.75) is 38.4 Å². The van der Waals surface area contributed by atoms with Gasteiger partial charge in [-0.1, -0.05) is 37.3 Å². The average molecular weight is 308 g/mol. The van der Waals surface area contributed by atoms with Gasteiger partial charge in [0.25, 0.3) is 5.56 Å². The van der Waals surface area contributed by atoms with E-state index >= 15 is 0 Å². The van der Waals surface area contributed by atoms with Crippen molar-refractivity contribution in [1.82, 2.24) is 19.1 Å². The summed E-state index contributed by atoms with van der Waals surface area (Å²) < 4.78 is 3.31. The molecule has 0 aliphatic carbocycles. The predicted molar refractivity (Wildman–Crippen MR) is 86.0 cm³/mol. The number of hydrogen-bond acceptors (Lipinski definition) is 4. The minimum Gasteiger partial charge on any atom is -0.313 e. The number of hydrogen-bond donors (Lipinski definition) is 1. The first-order valence-electron chi connectivity index (χ1n) is 7.03. The predicted octanol–water partition coefficient (Wildman–Crippen LogP) is 1.89. The minimum atomic E-state index is -0.433. The molecule has 2 rings (SSSR count). The summed E-state index contributed by atoms with van der Waals surface area (Å²) in [7, 11) is 1.62. The van der Waals surface area contributed by atoms with E-state index in [0.29, 0.717) is 11.2 Å². The molecule has 0 fully saturated rings. The lowest BCUT2D eigenvalue weighted by Crippen LogP contribution is -2.29. The number of unbranched alkanes of at least 4 members (excludes halogenated alkanes) is 1. The fourth-order valence-corrected chi connectivity index (χ4v) is 2.99. The van der Waals surface area contributed by atoms with Gasteiger partial charge in [-0.05, 0) is 13.3 Å². The number of nitrogens with one attached hydrogen (secondary N) is 1. The first-order valence-corrected chi connectivity index (χ1v) is 8.02. The molecular formula is C14H20N4O2S. The second-order valence-corrected chi connectivity index (χ2v) is 5.76. The van der Waals surface area contributed by atoms with Crippen LogP contribution in [0, 0.1) is 0 Å². The number of allylic oxidation sites excluding steroid dienone is 1. The molecule has 114 valence electrons. The zero-order valence-corrected chi connectivity index (χ0v) is 13.4. The number of thioether (sulfide) groups is 1. The number of rotatable bonds is 6. The highest BCUT2D eigenvalue weighted by atomic mass is 32.2. The van der Waals surface area contributed by atoms with Gasteiger partial charge < -0.3 is 4.57 Å². The van der Waals surface area contributed by atoms with E-state index in [2.05, 4.69) is 16.9 Å². The molecule has 2 aromatic rings. The topological polar surface area (TPSA) is 72.7 Å². The summed E-state index contributed by atoms with van der Waals surface area (Å²) in [5.41, 5.74) is 0.128. The zero-order chi connectivity index (χ0) is 15.4. The van der Waals surface area contributed by atoms with Gasteiger partial charge in [0.1, 0.15) is 0 Å². The normalized spacial score (nSPS) is 11.8. The van der Waals surface area contributed by atoms with Gasteiger partial charge in [0.2, 0.25) is 0 Å². The van der Waals surface area contributed by atoms with Crippen LogP contribution in [0.1, 0.15) is 26.7 Å². The Balaban J connectivity index is 2.60. The molecule has 0 bridgehead atoms. The van der Waals surface area contributed by atoms with Crippen LogP contribution in [0.2, 0.25) is 0 Å². The highest BCUT2D eigenvalue weighted by Crippen LogP contribution is 2.22. The van der Waals surface area contributed by atoms with Crippen LogP contribution in [0.4, 0.5) is 0 Å². The molecule has 2 heterocycles. The molecule has 0 aromatic carbocycles. The van der Waals surface area contributed by atoms with Gasteiger partial charge in [0.05, 0.1) is 0 Å². The summed E-state index contributed by atoms with van der Waals surface area (Å²) in [4.78, 5) is 30.7. The van der Waals surface area contributed by atoms with Crippen molar-refractivity contribution >= 4 is 22.9 Å². The van der Waals surface area contributed by atoms with E-state index in [4.69, 9.17) is 0 Å². The Bertz CT molecular complexity index is 770. The summed E-state index contributed by atoms with van der Waals surface area (Å²) in [6, 6.07) is 0. The van der Waals surface area contributed by atoms with Crippen LogP contribution in [-0.4, -0.2) is 24.9 Å². The van der Waals surface area contributed by atoms with E-state index in [-0.39, 0.29) is 5.56 Å². The lowest BCUT2D eigenvalue weighted by molar-refractivity contribution is 0.600. The van der Waals surface area contributed by atoms with Gasteiger partial charge in [-0.25, -0.2) is 9.78 Å². The highest BCUT2D eigenvalue weighted by molar-refractivity contribution is 7.99. The molecule has 2 aromatic heterocycles. The second-order valence-electron chi connectivity index (χ2n) is 4.77. The Hall–Kier alpha value is -1.76. The number of aromatic nitrogens is 4. The van der Waals surface area contributed by atoms with Crippen LogP contribution in [-0.2, 0) is 13.6 Å². The van der Waals surface area contributed by atoms with Crippen molar-refractivity contribution < 1.29 is 0 Å². The van der Waals surface area contributed by atoms with Crippen molar-refractivity contribution in [1.29, 1.82) is 0 Å². The molecule has 0 aliphatic rings. The third-order valence-corrected chi connectivity index (χ3v) is 4.18. The van der Waals surface area contributed by atoms with Crippen LogP contribution in [0.5, 0.6) is 0 Å². The molecule has 0 radical (unpaired) electrons. The summed E-state index contributed by atoms with van der Waals surface area (Å²) in [5.74, 6) is 0.789. The largest absolute Gasteiger partial charge is 0.329 e. The van der Waals surface area contributed by atoms with Gasteiger partial charge in [0.15, 0.2) is 16.3 Å². The standard InChI is InChI=1S/C14H20N4O2S/c1-4-6-8-18-10-11(15-14(18)21-9-7-5-2)17(3)13(20)16-12(10)19/h5,7H,4,6,8-9H2,1-3H3,(H,16,19,20)/b7-5-. The van der Waals surface area contributed by atoms with Gasteiger partial charge in [-0.15, -0.1) is 0 Å². The molecule has 0 aliphatic heterocycles. The first kappa shape index (κ1) is 15.6. The monoisotopic (exact) mass is 308 g/mol. The Labute approximate surface area is 126 Å². The molecule has 7 heteroatoms. The van der Waals surface area contributed by atoms with E-state index in [0.717, 1.165) is 30.3 Å². The third kappa shape index (κ3) is 3.12. The molecule has 0 saturated heterocycles. The molecule has 21 heavy (non-hydrogen) atoms. The van der Waals surface area contributed by atoms with Crippen molar-refractivity contribution in [2.75, 3.05) is 5.75 Å². The molecule has 0 saturated carbocycles. The maximum absolute atomic E-state index is 12.1. The number of aromatic amines is 1. The van der Waals surface area contributed by atoms with Gasteiger partial charge in [-0.3, -0.25) is 14.3 Å². The zero-order valence-electron chi connectivity index (χ0n) is 12.5. The van der Waals surface area contributed by atoms with Gasteiger partial charge in [0, 0.05) is 19.3 Å². The SMILES string of the molecule is C/C=C\CSc1nc2c(c(=O)[nH]c(=O)n2C)n1CCCC. The summed E-state index contributed by atoms with van der Waals surface area (Å²) in [5, 5.41) is 0.781. The highest BCUT2D eigenvalue weighted by Gasteiger charge is 2.16. The van der Waals surface area contributed by atoms with Crippen molar-refractivity contribution in [2.24, 2.45) is 7.05 Å². The minimum absolute atomic E-state index is 0.366. The van der Waals surface area contributed by atoms with Gasteiger partial charge in [-0.2, -0.15) is 0 Å². The number of fused-ring (bicyclic) bond motifs is 1. The van der Waals surface area contributed by atoms with E-state index in [1.165, 1.54) is 4.57 Å². The second kappa shape index (κ2) is 6.80. The summed E-state index contributed by atoms with van der Waals surface area (Å²) >= 11 is 1.57. The average Bonchev–Trinajstić information content (AvgIpc) is 2.82. The quantitative estimate of drug-likeness (QED) is 0.653. The van der Waals surface area contributed by atoms with Crippen molar-refractivity contribution in [3.8, 4) is 0 Å². The smallest absolute Gasteiger partial charge is 0.313 e. The summed E-state index contributed by atoms with van der Waals surface area (Å²) in [6.07, 6.45) is 6.01. The lowest BCUT2D eigenvalue weighted by atomic mass is 10.3. The Morgan fingerprint density at radius 2 is 2.14 bits per heavy atom. The van der Waals surface area contributed by atoms with E-state index < -0.39 is 5.69 Å².